The fourth-order valence-corrected chi connectivity index (χ4v) is 1.03. The van der Waals surface area contributed by atoms with Crippen molar-refractivity contribution in [1.29, 1.82) is 0 Å². The summed E-state index contributed by atoms with van der Waals surface area (Å²) in [6.07, 6.45) is 1.70. The molecule has 0 aliphatic heterocycles. The Hall–Kier alpha value is -1.58. The number of fused-ring (bicyclic) bond motifs is 1. The summed E-state index contributed by atoms with van der Waals surface area (Å²) in [5.74, 6) is 0. The Bertz CT molecular complexity index is 441. The van der Waals surface area contributed by atoms with Gasteiger partial charge < -0.3 is 0 Å². The van der Waals surface area contributed by atoms with Gasteiger partial charge in [0, 0.05) is 13.2 Å². The molecule has 0 unspecified atom stereocenters. The van der Waals surface area contributed by atoms with Crippen molar-refractivity contribution < 1.29 is 0 Å². The normalized spacial score (nSPS) is 9.46. The van der Waals surface area contributed by atoms with Gasteiger partial charge in [0.15, 0.2) is 5.65 Å². The van der Waals surface area contributed by atoms with E-state index >= 15 is 0 Å². The second-order valence-electron chi connectivity index (χ2n) is 2.34. The molecule has 0 amide bonds. The minimum atomic E-state index is -0.111. The summed E-state index contributed by atoms with van der Waals surface area (Å²) in [5, 5.41) is 3.98. The van der Waals surface area contributed by atoms with Crippen LogP contribution in [-0.2, 0) is 7.05 Å². The highest BCUT2D eigenvalue weighted by Crippen LogP contribution is 1.92. The highest BCUT2D eigenvalue weighted by molar-refractivity contribution is 5.35. The molecule has 4 heteroatoms. The average molecular weight is 179 g/mol. The number of pyridine rings is 1. The number of hydrogen-bond donors (Lipinski definition) is 0. The molecule has 0 spiro atoms. The first kappa shape index (κ1) is 9.51. The lowest BCUT2D eigenvalue weighted by Crippen LogP contribution is -2.17. The third-order valence-electron chi connectivity index (χ3n) is 1.57. The van der Waals surface area contributed by atoms with E-state index in [1.165, 1.54) is 9.08 Å². The standard InChI is InChI=1S/C7H7N3O.C2H6/c1-9-7(11)10-5-3-2-4-6(10)8-9;1-2/h2-5H,1H3;1-2H3. The molecule has 0 bridgehead atoms. The minimum absolute atomic E-state index is 0.111. The second kappa shape index (κ2) is 3.89. The molecule has 2 heterocycles. The molecule has 0 fully saturated rings. The highest BCUT2D eigenvalue weighted by atomic mass is 16.2. The first-order chi connectivity index (χ1) is 6.29. The first-order valence-electron chi connectivity index (χ1n) is 4.29. The third kappa shape index (κ3) is 1.61. The number of hydrogen-bond acceptors (Lipinski definition) is 2. The molecule has 0 saturated heterocycles. The summed E-state index contributed by atoms with van der Waals surface area (Å²) in [4.78, 5) is 11.2. The van der Waals surface area contributed by atoms with Crippen molar-refractivity contribution in [3.8, 4) is 0 Å². The van der Waals surface area contributed by atoms with Crippen molar-refractivity contribution in [3.63, 3.8) is 0 Å². The quantitative estimate of drug-likeness (QED) is 0.606. The molecule has 0 aromatic carbocycles. The molecule has 70 valence electrons. The van der Waals surface area contributed by atoms with Gasteiger partial charge in [0.05, 0.1) is 0 Å². The Morgan fingerprint density at radius 2 is 2.00 bits per heavy atom. The molecule has 0 aliphatic rings. The zero-order valence-electron chi connectivity index (χ0n) is 8.06. The van der Waals surface area contributed by atoms with E-state index < -0.39 is 0 Å². The van der Waals surface area contributed by atoms with E-state index in [0.717, 1.165) is 0 Å². The molecule has 2 rings (SSSR count). The van der Waals surface area contributed by atoms with Crippen molar-refractivity contribution in [2.24, 2.45) is 7.05 Å². The maximum Gasteiger partial charge on any atom is 0.350 e. The van der Waals surface area contributed by atoms with Gasteiger partial charge in [0.2, 0.25) is 0 Å². The molecule has 13 heavy (non-hydrogen) atoms. The van der Waals surface area contributed by atoms with E-state index in [-0.39, 0.29) is 5.69 Å². The van der Waals surface area contributed by atoms with Crippen LogP contribution < -0.4 is 5.69 Å². The van der Waals surface area contributed by atoms with Gasteiger partial charge >= 0.3 is 5.69 Å². The lowest BCUT2D eigenvalue weighted by Gasteiger charge is -1.84. The SMILES string of the molecule is CC.Cn1nc2ccccn2c1=O. The van der Waals surface area contributed by atoms with Crippen molar-refractivity contribution in [2.75, 3.05) is 0 Å². The third-order valence-corrected chi connectivity index (χ3v) is 1.57. The molecule has 2 aromatic rings. The second-order valence-corrected chi connectivity index (χ2v) is 2.34. The Morgan fingerprint density at radius 3 is 2.62 bits per heavy atom. The Morgan fingerprint density at radius 1 is 1.31 bits per heavy atom. The van der Waals surface area contributed by atoms with Gasteiger partial charge in [0.25, 0.3) is 0 Å². The smallest absolute Gasteiger partial charge is 0.250 e. The number of aromatic nitrogens is 3. The van der Waals surface area contributed by atoms with Crippen LogP contribution >= 0.6 is 0 Å². The average Bonchev–Trinajstić information content (AvgIpc) is 2.47. The van der Waals surface area contributed by atoms with Crippen LogP contribution in [0.4, 0.5) is 0 Å². The van der Waals surface area contributed by atoms with E-state index in [1.54, 1.807) is 25.4 Å². The van der Waals surface area contributed by atoms with Crippen molar-refractivity contribution in [2.45, 2.75) is 13.8 Å². The summed E-state index contributed by atoms with van der Waals surface area (Å²) in [5.41, 5.74) is 0.570. The van der Waals surface area contributed by atoms with E-state index in [0.29, 0.717) is 5.65 Å². The van der Waals surface area contributed by atoms with Crippen molar-refractivity contribution in [3.05, 3.63) is 34.9 Å². The van der Waals surface area contributed by atoms with Gasteiger partial charge in [-0.25, -0.2) is 9.48 Å². The van der Waals surface area contributed by atoms with Crippen LogP contribution in [0.3, 0.4) is 0 Å². The molecule has 2 aromatic heterocycles. The highest BCUT2D eigenvalue weighted by Gasteiger charge is 1.99. The van der Waals surface area contributed by atoms with Gasteiger partial charge in [0.1, 0.15) is 0 Å². The summed E-state index contributed by atoms with van der Waals surface area (Å²) < 4.78 is 2.81. The fraction of sp³-hybridized carbons (Fsp3) is 0.333. The molecule has 4 nitrogen and oxygen atoms in total. The summed E-state index contributed by atoms with van der Waals surface area (Å²) >= 11 is 0. The van der Waals surface area contributed by atoms with Crippen LogP contribution in [0.1, 0.15) is 13.8 Å². The van der Waals surface area contributed by atoms with Crippen LogP contribution in [0.15, 0.2) is 29.2 Å². The Labute approximate surface area is 76.4 Å². The Kier molecular flexibility index (Phi) is 2.84. The van der Waals surface area contributed by atoms with Crippen LogP contribution in [0, 0.1) is 0 Å². The zero-order valence-corrected chi connectivity index (χ0v) is 8.06. The molecule has 0 radical (unpaired) electrons. The van der Waals surface area contributed by atoms with Gasteiger partial charge in [-0.1, -0.05) is 19.9 Å². The summed E-state index contributed by atoms with van der Waals surface area (Å²) in [6.45, 7) is 4.00. The van der Waals surface area contributed by atoms with Crippen molar-refractivity contribution >= 4 is 5.65 Å². The van der Waals surface area contributed by atoms with Gasteiger partial charge in [-0.3, -0.25) is 4.40 Å². The molecule has 0 atom stereocenters. The minimum Gasteiger partial charge on any atom is -0.250 e. The zero-order chi connectivity index (χ0) is 9.84. The maximum absolute atomic E-state index is 11.2. The largest absolute Gasteiger partial charge is 0.350 e. The Balaban J connectivity index is 0.000000396. The molecule has 0 N–H and O–H groups in total. The van der Waals surface area contributed by atoms with Gasteiger partial charge in [-0.05, 0) is 12.1 Å². The van der Waals surface area contributed by atoms with Gasteiger partial charge in [-0.2, -0.15) is 5.10 Å². The summed E-state index contributed by atoms with van der Waals surface area (Å²) in [7, 11) is 1.63. The monoisotopic (exact) mass is 179 g/mol. The topological polar surface area (TPSA) is 39.3 Å². The van der Waals surface area contributed by atoms with Crippen LogP contribution in [0.2, 0.25) is 0 Å². The lowest BCUT2D eigenvalue weighted by molar-refractivity contribution is 0.733. The van der Waals surface area contributed by atoms with E-state index in [1.807, 2.05) is 19.9 Å². The fourth-order valence-electron chi connectivity index (χ4n) is 1.03. The molecular formula is C9H13N3O. The van der Waals surface area contributed by atoms with E-state index in [9.17, 15) is 4.79 Å². The van der Waals surface area contributed by atoms with Crippen molar-refractivity contribution in [1.82, 2.24) is 14.2 Å². The van der Waals surface area contributed by atoms with Gasteiger partial charge in [-0.15, -0.1) is 0 Å². The number of rotatable bonds is 0. The van der Waals surface area contributed by atoms with E-state index in [4.69, 9.17) is 0 Å². The summed E-state index contributed by atoms with van der Waals surface area (Å²) in [6, 6.07) is 5.44. The predicted molar refractivity (Wildman–Crippen MR) is 51.8 cm³/mol. The molecular weight excluding hydrogens is 166 g/mol. The lowest BCUT2D eigenvalue weighted by atomic mass is 10.5. The number of aryl methyl sites for hydroxylation is 1. The number of nitrogens with zero attached hydrogens (tertiary/aromatic N) is 3. The predicted octanol–water partition coefficient (Wildman–Crippen LogP) is 1.06. The van der Waals surface area contributed by atoms with Crippen LogP contribution in [0.25, 0.3) is 5.65 Å². The molecule has 0 saturated carbocycles. The molecule has 0 aliphatic carbocycles. The first-order valence-corrected chi connectivity index (χ1v) is 4.29. The van der Waals surface area contributed by atoms with Crippen LogP contribution in [0.5, 0.6) is 0 Å². The van der Waals surface area contributed by atoms with E-state index in [2.05, 4.69) is 5.10 Å². The van der Waals surface area contributed by atoms with Crippen LogP contribution in [-0.4, -0.2) is 14.2 Å². The maximum atomic E-state index is 11.2.